The summed E-state index contributed by atoms with van der Waals surface area (Å²) in [6.07, 6.45) is 2.11. The van der Waals surface area contributed by atoms with Crippen LogP contribution in [-0.4, -0.2) is 33.9 Å². The minimum absolute atomic E-state index is 0.0198. The molecule has 2 atom stereocenters. The molecule has 2 heterocycles. The molecule has 6 heteroatoms. The number of thiazole rings is 1. The summed E-state index contributed by atoms with van der Waals surface area (Å²) in [5, 5.41) is 3.98. The SMILES string of the molecule is CC1CCN(C(=O)c2sc(NC(C)(C)C)nc2N)C(C)C1. The second-order valence-electron chi connectivity index (χ2n) is 7.09. The molecule has 1 aliphatic rings. The van der Waals surface area contributed by atoms with Crippen LogP contribution in [0.15, 0.2) is 0 Å². The first-order chi connectivity index (χ1) is 9.67. The largest absolute Gasteiger partial charge is 0.382 e. The van der Waals surface area contributed by atoms with Crippen LogP contribution in [-0.2, 0) is 0 Å². The molecular weight excluding hydrogens is 284 g/mol. The van der Waals surface area contributed by atoms with Crippen molar-refractivity contribution in [3.8, 4) is 0 Å². The molecule has 0 aliphatic carbocycles. The van der Waals surface area contributed by atoms with E-state index < -0.39 is 0 Å². The van der Waals surface area contributed by atoms with Crippen molar-refractivity contribution in [1.82, 2.24) is 9.88 Å². The number of anilines is 2. The molecule has 0 aromatic carbocycles. The van der Waals surface area contributed by atoms with Gasteiger partial charge in [0.2, 0.25) is 0 Å². The van der Waals surface area contributed by atoms with Crippen molar-refractivity contribution in [3.63, 3.8) is 0 Å². The fourth-order valence-electron chi connectivity index (χ4n) is 2.70. The Morgan fingerprint density at radius 1 is 1.43 bits per heavy atom. The molecule has 0 radical (unpaired) electrons. The standard InChI is InChI=1S/C15H26N4OS/c1-9-6-7-19(10(2)8-9)13(20)11-12(16)17-14(21-11)18-15(3,4)5/h9-10H,6-8,16H2,1-5H3,(H,17,18). The van der Waals surface area contributed by atoms with Gasteiger partial charge in [-0.3, -0.25) is 4.79 Å². The molecule has 3 N–H and O–H groups in total. The summed E-state index contributed by atoms with van der Waals surface area (Å²) in [6.45, 7) is 11.3. The Bertz CT molecular complexity index is 520. The molecule has 1 saturated heterocycles. The van der Waals surface area contributed by atoms with Crippen LogP contribution in [0.2, 0.25) is 0 Å². The summed E-state index contributed by atoms with van der Waals surface area (Å²) in [4.78, 5) is 19.5. The number of nitrogens with two attached hydrogens (primary N) is 1. The maximum absolute atomic E-state index is 12.7. The number of hydrogen-bond donors (Lipinski definition) is 2. The Kier molecular flexibility index (Phi) is 4.46. The number of rotatable bonds is 2. The number of nitrogen functional groups attached to an aromatic ring is 1. The minimum atomic E-state index is -0.0988. The third kappa shape index (κ3) is 3.87. The Balaban J connectivity index is 2.16. The summed E-state index contributed by atoms with van der Waals surface area (Å²) in [6, 6.07) is 0.266. The average Bonchev–Trinajstić information content (AvgIpc) is 2.66. The quantitative estimate of drug-likeness (QED) is 0.880. The molecule has 1 amide bonds. The highest BCUT2D eigenvalue weighted by Crippen LogP contribution is 2.31. The van der Waals surface area contributed by atoms with Gasteiger partial charge in [-0.05, 0) is 46.5 Å². The van der Waals surface area contributed by atoms with Gasteiger partial charge in [-0.1, -0.05) is 18.3 Å². The second-order valence-corrected chi connectivity index (χ2v) is 8.08. The van der Waals surface area contributed by atoms with Crippen LogP contribution in [0.25, 0.3) is 0 Å². The molecule has 0 saturated carbocycles. The molecule has 1 aromatic heterocycles. The van der Waals surface area contributed by atoms with Crippen molar-refractivity contribution in [2.75, 3.05) is 17.6 Å². The van der Waals surface area contributed by atoms with Crippen molar-refractivity contribution in [1.29, 1.82) is 0 Å². The molecule has 1 fully saturated rings. The topological polar surface area (TPSA) is 71.2 Å². The van der Waals surface area contributed by atoms with Gasteiger partial charge in [0.15, 0.2) is 5.13 Å². The molecule has 118 valence electrons. The number of carbonyl (C=O) groups excluding carboxylic acids is 1. The van der Waals surface area contributed by atoms with E-state index in [0.717, 1.165) is 19.4 Å². The van der Waals surface area contributed by atoms with Crippen LogP contribution in [0.1, 0.15) is 57.1 Å². The highest BCUT2D eigenvalue weighted by Gasteiger charge is 2.30. The number of carbonyl (C=O) groups is 1. The number of piperidine rings is 1. The fourth-order valence-corrected chi connectivity index (χ4v) is 3.75. The molecule has 0 spiro atoms. The number of nitrogens with one attached hydrogen (secondary N) is 1. The van der Waals surface area contributed by atoms with Crippen molar-refractivity contribution >= 4 is 28.2 Å². The van der Waals surface area contributed by atoms with E-state index in [-0.39, 0.29) is 17.5 Å². The first-order valence-electron chi connectivity index (χ1n) is 7.53. The maximum atomic E-state index is 12.7. The zero-order valence-electron chi connectivity index (χ0n) is 13.6. The van der Waals surface area contributed by atoms with Crippen LogP contribution in [0.4, 0.5) is 10.9 Å². The van der Waals surface area contributed by atoms with Crippen LogP contribution in [0.5, 0.6) is 0 Å². The van der Waals surface area contributed by atoms with Gasteiger partial charge in [-0.15, -0.1) is 0 Å². The van der Waals surface area contributed by atoms with Crippen molar-refractivity contribution < 1.29 is 4.79 Å². The zero-order valence-corrected chi connectivity index (χ0v) is 14.4. The zero-order chi connectivity index (χ0) is 15.8. The summed E-state index contributed by atoms with van der Waals surface area (Å²) < 4.78 is 0. The lowest BCUT2D eigenvalue weighted by Crippen LogP contribution is -2.44. The third-order valence-electron chi connectivity index (χ3n) is 3.73. The molecule has 1 aliphatic heterocycles. The lowest BCUT2D eigenvalue weighted by Gasteiger charge is -2.36. The molecule has 2 unspecified atom stereocenters. The Hall–Kier alpha value is -1.30. The monoisotopic (exact) mass is 310 g/mol. The lowest BCUT2D eigenvalue weighted by molar-refractivity contribution is 0.0594. The third-order valence-corrected chi connectivity index (χ3v) is 4.70. The van der Waals surface area contributed by atoms with Crippen molar-refractivity contribution in [3.05, 3.63) is 4.88 Å². The molecule has 21 heavy (non-hydrogen) atoms. The smallest absolute Gasteiger partial charge is 0.268 e. The number of nitrogens with zero attached hydrogens (tertiary/aromatic N) is 2. The first-order valence-corrected chi connectivity index (χ1v) is 8.34. The highest BCUT2D eigenvalue weighted by atomic mass is 32.1. The van der Waals surface area contributed by atoms with Crippen LogP contribution >= 0.6 is 11.3 Å². The first kappa shape index (κ1) is 16.1. The number of hydrogen-bond acceptors (Lipinski definition) is 5. The molecule has 1 aromatic rings. The van der Waals surface area contributed by atoms with E-state index in [9.17, 15) is 4.79 Å². The van der Waals surface area contributed by atoms with E-state index in [0.29, 0.717) is 21.7 Å². The van der Waals surface area contributed by atoms with Gasteiger partial charge in [0, 0.05) is 18.1 Å². The summed E-state index contributed by atoms with van der Waals surface area (Å²) in [5.41, 5.74) is 5.85. The molecular formula is C15H26N4OS. The van der Waals surface area contributed by atoms with Gasteiger partial charge < -0.3 is 16.0 Å². The average molecular weight is 310 g/mol. The Morgan fingerprint density at radius 3 is 2.67 bits per heavy atom. The van der Waals surface area contributed by atoms with Gasteiger partial charge >= 0.3 is 0 Å². The number of amides is 1. The van der Waals surface area contributed by atoms with Crippen LogP contribution in [0.3, 0.4) is 0 Å². The van der Waals surface area contributed by atoms with Gasteiger partial charge in [0.05, 0.1) is 0 Å². The number of likely N-dealkylation sites (tertiary alicyclic amines) is 1. The predicted molar refractivity (Wildman–Crippen MR) is 88.8 cm³/mol. The molecule has 0 bridgehead atoms. The van der Waals surface area contributed by atoms with Crippen LogP contribution in [0, 0.1) is 5.92 Å². The second kappa shape index (κ2) is 5.83. The fraction of sp³-hybridized carbons (Fsp3) is 0.733. The van der Waals surface area contributed by atoms with Gasteiger partial charge in [0.25, 0.3) is 5.91 Å². The van der Waals surface area contributed by atoms with Crippen molar-refractivity contribution in [2.45, 2.75) is 59.0 Å². The van der Waals surface area contributed by atoms with E-state index in [1.54, 1.807) is 0 Å². The van der Waals surface area contributed by atoms with E-state index in [1.165, 1.54) is 11.3 Å². The Morgan fingerprint density at radius 2 is 2.10 bits per heavy atom. The number of aromatic nitrogens is 1. The van der Waals surface area contributed by atoms with E-state index >= 15 is 0 Å². The summed E-state index contributed by atoms with van der Waals surface area (Å²) in [7, 11) is 0. The molecule has 5 nitrogen and oxygen atoms in total. The maximum Gasteiger partial charge on any atom is 0.268 e. The highest BCUT2D eigenvalue weighted by molar-refractivity contribution is 7.18. The Labute approximate surface area is 130 Å². The lowest BCUT2D eigenvalue weighted by atomic mass is 9.93. The minimum Gasteiger partial charge on any atom is -0.382 e. The van der Waals surface area contributed by atoms with Crippen molar-refractivity contribution in [2.24, 2.45) is 5.92 Å². The van der Waals surface area contributed by atoms with Gasteiger partial charge in [-0.25, -0.2) is 4.98 Å². The summed E-state index contributed by atoms with van der Waals surface area (Å²) >= 11 is 1.35. The van der Waals surface area contributed by atoms with Gasteiger partial charge in [0.1, 0.15) is 10.7 Å². The van der Waals surface area contributed by atoms with Crippen LogP contribution < -0.4 is 11.1 Å². The van der Waals surface area contributed by atoms with E-state index in [4.69, 9.17) is 5.73 Å². The van der Waals surface area contributed by atoms with E-state index in [1.807, 2.05) is 4.90 Å². The summed E-state index contributed by atoms with van der Waals surface area (Å²) in [5.74, 6) is 1.04. The predicted octanol–water partition coefficient (Wildman–Crippen LogP) is 3.20. The van der Waals surface area contributed by atoms with E-state index in [2.05, 4.69) is 44.9 Å². The van der Waals surface area contributed by atoms with Gasteiger partial charge in [-0.2, -0.15) is 0 Å². The normalized spacial score (nSPS) is 23.2. The molecule has 2 rings (SSSR count).